The Hall–Kier alpha value is -3.20. The number of rotatable bonds is 9. The molecule has 4 aromatic rings. The number of hydrogen-bond donors (Lipinski definition) is 0. The lowest BCUT2D eigenvalue weighted by Crippen LogP contribution is -2.23. The number of aromatic nitrogens is 1. The number of hydrogen-bond acceptors (Lipinski definition) is 1. The van der Waals surface area contributed by atoms with Crippen molar-refractivity contribution in [1.29, 1.82) is 0 Å². The zero-order chi connectivity index (χ0) is 24.4. The van der Waals surface area contributed by atoms with Gasteiger partial charge in [-0.1, -0.05) is 37.1 Å². The molecule has 0 radical (unpaired) electrons. The van der Waals surface area contributed by atoms with Crippen LogP contribution in [0.1, 0.15) is 77.6 Å². The summed E-state index contributed by atoms with van der Waals surface area (Å²) in [5.41, 5.74) is 6.61. The molecule has 1 aliphatic carbocycles. The lowest BCUT2D eigenvalue weighted by molar-refractivity contribution is 0.103. The second-order valence-electron chi connectivity index (χ2n) is 10.2. The quantitative estimate of drug-likeness (QED) is 0.227. The maximum Gasteiger partial charge on any atom is 0.193 e. The van der Waals surface area contributed by atoms with E-state index < -0.39 is 0 Å². The number of fused-ring (bicyclic) bond motifs is 1. The highest BCUT2D eigenvalue weighted by Gasteiger charge is 2.31. The molecule has 3 heteroatoms. The summed E-state index contributed by atoms with van der Waals surface area (Å²) in [6.45, 7) is 5.41. The normalized spacial score (nSPS) is 17.5. The molecule has 0 bridgehead atoms. The Labute approximate surface area is 207 Å². The van der Waals surface area contributed by atoms with Gasteiger partial charge in [-0.3, -0.25) is 4.79 Å². The molecule has 1 heterocycles. The highest BCUT2D eigenvalue weighted by Crippen LogP contribution is 2.45. The van der Waals surface area contributed by atoms with Gasteiger partial charge in [0.25, 0.3) is 0 Å². The Morgan fingerprint density at radius 1 is 0.971 bits per heavy atom. The van der Waals surface area contributed by atoms with Crippen LogP contribution < -0.4 is 0 Å². The Kier molecular flexibility index (Phi) is 6.86. The first-order valence-electron chi connectivity index (χ1n) is 13.0. The zero-order valence-corrected chi connectivity index (χ0v) is 20.8. The fraction of sp³-hybridized carbons (Fsp3) is 0.344. The van der Waals surface area contributed by atoms with Crippen LogP contribution in [0.3, 0.4) is 0 Å². The Morgan fingerprint density at radius 3 is 2.51 bits per heavy atom. The molecule has 0 unspecified atom stereocenters. The van der Waals surface area contributed by atoms with Crippen LogP contribution in [-0.2, 0) is 13.0 Å². The van der Waals surface area contributed by atoms with Crippen LogP contribution in [0.25, 0.3) is 10.9 Å². The van der Waals surface area contributed by atoms with Crippen LogP contribution >= 0.6 is 0 Å². The van der Waals surface area contributed by atoms with E-state index in [2.05, 4.69) is 61.0 Å². The predicted molar refractivity (Wildman–Crippen MR) is 142 cm³/mol. The van der Waals surface area contributed by atoms with E-state index in [1.54, 1.807) is 12.1 Å². The van der Waals surface area contributed by atoms with E-state index in [-0.39, 0.29) is 11.6 Å². The SMILES string of the molecule is CCCc1cc(C(=O)c2ccc(F)cc2)ccc1C1CC(CCCn2ccc3cc(C)ccc32)C1. The molecule has 0 saturated heterocycles. The molecule has 0 amide bonds. The predicted octanol–water partition coefficient (Wildman–Crippen LogP) is 8.25. The standard InChI is InChI=1S/C32H34FNO/c1-3-5-25-21-27(32(35)24-8-11-29(33)12-9-24)10-13-30(25)28-19-23(20-28)6-4-16-34-17-15-26-18-22(2)7-14-31(26)34/h7-15,17-18,21,23,28H,3-6,16,19-20H2,1-2H3. The van der Waals surface area contributed by atoms with Gasteiger partial charge in [-0.25, -0.2) is 4.39 Å². The molecule has 1 fully saturated rings. The molecule has 180 valence electrons. The van der Waals surface area contributed by atoms with Gasteiger partial charge in [-0.05, 0) is 116 Å². The van der Waals surface area contributed by atoms with Gasteiger partial charge in [-0.15, -0.1) is 0 Å². The molecule has 1 aliphatic rings. The molecule has 2 nitrogen and oxygen atoms in total. The van der Waals surface area contributed by atoms with Crippen molar-refractivity contribution in [3.05, 3.63) is 107 Å². The van der Waals surface area contributed by atoms with Crippen LogP contribution in [0.2, 0.25) is 0 Å². The van der Waals surface area contributed by atoms with Crippen LogP contribution in [0.15, 0.2) is 72.9 Å². The van der Waals surface area contributed by atoms with Gasteiger partial charge < -0.3 is 4.57 Å². The topological polar surface area (TPSA) is 22.0 Å². The first-order chi connectivity index (χ1) is 17.0. The number of nitrogens with zero attached hydrogens (tertiary/aromatic N) is 1. The van der Waals surface area contributed by atoms with Crippen LogP contribution in [0.4, 0.5) is 4.39 Å². The third-order valence-corrected chi connectivity index (χ3v) is 7.64. The third kappa shape index (κ3) is 5.10. The molecular formula is C32H34FNO. The van der Waals surface area contributed by atoms with Gasteiger partial charge in [0.2, 0.25) is 0 Å². The lowest BCUT2D eigenvalue weighted by Gasteiger charge is -2.37. The number of carbonyl (C=O) groups is 1. The molecule has 3 aromatic carbocycles. The average Bonchev–Trinajstić information content (AvgIpc) is 3.23. The fourth-order valence-corrected chi connectivity index (χ4v) is 5.69. The summed E-state index contributed by atoms with van der Waals surface area (Å²) in [6, 6.07) is 21.0. The van der Waals surface area contributed by atoms with Gasteiger partial charge in [0, 0.05) is 29.4 Å². The minimum Gasteiger partial charge on any atom is -0.347 e. The molecular weight excluding hydrogens is 433 g/mol. The van der Waals surface area contributed by atoms with Gasteiger partial charge in [0.05, 0.1) is 0 Å². The Morgan fingerprint density at radius 2 is 1.74 bits per heavy atom. The van der Waals surface area contributed by atoms with Crippen molar-refractivity contribution in [2.75, 3.05) is 0 Å². The van der Waals surface area contributed by atoms with E-state index in [1.165, 1.54) is 65.4 Å². The van der Waals surface area contributed by atoms with Crippen LogP contribution in [0.5, 0.6) is 0 Å². The molecule has 5 rings (SSSR count). The van der Waals surface area contributed by atoms with Gasteiger partial charge in [-0.2, -0.15) is 0 Å². The van der Waals surface area contributed by atoms with Crippen molar-refractivity contribution in [2.24, 2.45) is 5.92 Å². The second-order valence-corrected chi connectivity index (χ2v) is 10.2. The highest BCUT2D eigenvalue weighted by atomic mass is 19.1. The molecule has 1 aromatic heterocycles. The fourth-order valence-electron chi connectivity index (χ4n) is 5.69. The number of benzene rings is 3. The van der Waals surface area contributed by atoms with E-state index in [0.717, 1.165) is 25.3 Å². The van der Waals surface area contributed by atoms with Crippen LogP contribution in [0, 0.1) is 18.7 Å². The minimum absolute atomic E-state index is 0.0342. The van der Waals surface area contributed by atoms with Crippen molar-refractivity contribution in [3.63, 3.8) is 0 Å². The maximum atomic E-state index is 13.2. The van der Waals surface area contributed by atoms with Crippen molar-refractivity contribution in [2.45, 2.75) is 64.8 Å². The summed E-state index contributed by atoms with van der Waals surface area (Å²) in [6.07, 6.45) is 9.23. The summed E-state index contributed by atoms with van der Waals surface area (Å²) in [5.74, 6) is 1.04. The summed E-state index contributed by atoms with van der Waals surface area (Å²) in [4.78, 5) is 12.9. The van der Waals surface area contributed by atoms with Gasteiger partial charge in [0.1, 0.15) is 5.82 Å². The molecule has 0 N–H and O–H groups in total. The monoisotopic (exact) mass is 467 g/mol. The average molecular weight is 468 g/mol. The molecule has 0 spiro atoms. The smallest absolute Gasteiger partial charge is 0.193 e. The van der Waals surface area contributed by atoms with Gasteiger partial charge >= 0.3 is 0 Å². The summed E-state index contributed by atoms with van der Waals surface area (Å²) in [7, 11) is 0. The number of aryl methyl sites for hydroxylation is 3. The lowest BCUT2D eigenvalue weighted by atomic mass is 9.68. The summed E-state index contributed by atoms with van der Waals surface area (Å²) >= 11 is 0. The Balaban J connectivity index is 1.19. The molecule has 35 heavy (non-hydrogen) atoms. The Bertz CT molecular complexity index is 1330. The van der Waals surface area contributed by atoms with E-state index in [0.29, 0.717) is 17.0 Å². The largest absolute Gasteiger partial charge is 0.347 e. The second kappa shape index (κ2) is 10.2. The number of halogens is 1. The van der Waals surface area contributed by atoms with Crippen molar-refractivity contribution in [3.8, 4) is 0 Å². The van der Waals surface area contributed by atoms with E-state index in [1.807, 2.05) is 6.07 Å². The van der Waals surface area contributed by atoms with Crippen LogP contribution in [-0.4, -0.2) is 10.4 Å². The van der Waals surface area contributed by atoms with Crippen molar-refractivity contribution < 1.29 is 9.18 Å². The van der Waals surface area contributed by atoms with E-state index in [9.17, 15) is 9.18 Å². The first kappa shape index (κ1) is 23.5. The first-order valence-corrected chi connectivity index (χ1v) is 13.0. The van der Waals surface area contributed by atoms with Crippen molar-refractivity contribution in [1.82, 2.24) is 4.57 Å². The molecule has 1 saturated carbocycles. The third-order valence-electron chi connectivity index (χ3n) is 7.64. The van der Waals surface area contributed by atoms with E-state index >= 15 is 0 Å². The molecule has 0 atom stereocenters. The highest BCUT2D eigenvalue weighted by molar-refractivity contribution is 6.09. The summed E-state index contributed by atoms with van der Waals surface area (Å²) < 4.78 is 15.6. The number of carbonyl (C=O) groups excluding carboxylic acids is 1. The van der Waals surface area contributed by atoms with Gasteiger partial charge in [0.15, 0.2) is 5.78 Å². The zero-order valence-electron chi connectivity index (χ0n) is 20.8. The number of ketones is 1. The van der Waals surface area contributed by atoms with E-state index in [4.69, 9.17) is 0 Å². The maximum absolute atomic E-state index is 13.2. The summed E-state index contributed by atoms with van der Waals surface area (Å²) in [5, 5.41) is 1.33. The minimum atomic E-state index is -0.320. The molecule has 0 aliphatic heterocycles. The van der Waals surface area contributed by atoms with Crippen molar-refractivity contribution >= 4 is 16.7 Å².